The Morgan fingerprint density at radius 1 is 1.40 bits per heavy atom. The molecule has 0 saturated heterocycles. The number of amides is 1. The van der Waals surface area contributed by atoms with Crippen molar-refractivity contribution in [3.63, 3.8) is 0 Å². The van der Waals surface area contributed by atoms with Crippen LogP contribution in [0.25, 0.3) is 0 Å². The first-order valence-corrected chi connectivity index (χ1v) is 6.86. The van der Waals surface area contributed by atoms with Gasteiger partial charge in [0.1, 0.15) is 0 Å². The molecule has 0 spiro atoms. The predicted molar refractivity (Wildman–Crippen MR) is 75.2 cm³/mol. The van der Waals surface area contributed by atoms with E-state index in [4.69, 9.17) is 5.11 Å². The lowest BCUT2D eigenvalue weighted by Crippen LogP contribution is -2.48. The van der Waals surface area contributed by atoms with Crippen molar-refractivity contribution in [3.05, 3.63) is 35.4 Å². The van der Waals surface area contributed by atoms with Crippen molar-refractivity contribution < 1.29 is 14.7 Å². The van der Waals surface area contributed by atoms with Crippen LogP contribution in [0.1, 0.15) is 24.5 Å². The zero-order valence-corrected chi connectivity index (χ0v) is 11.6. The molecule has 1 heterocycles. The van der Waals surface area contributed by atoms with Gasteiger partial charge in [0.15, 0.2) is 0 Å². The van der Waals surface area contributed by atoms with E-state index >= 15 is 0 Å². The van der Waals surface area contributed by atoms with Crippen LogP contribution in [-0.2, 0) is 22.6 Å². The number of aliphatic carboxylic acids is 1. The number of rotatable bonds is 5. The molecule has 1 aliphatic rings. The minimum absolute atomic E-state index is 0.0586. The third kappa shape index (κ3) is 3.81. The van der Waals surface area contributed by atoms with Gasteiger partial charge in [-0.1, -0.05) is 31.2 Å². The normalized spacial score (nSPS) is 18.9. The number of carboxylic acids is 1. The Balaban J connectivity index is 1.84. The van der Waals surface area contributed by atoms with Crippen LogP contribution in [-0.4, -0.2) is 29.6 Å². The molecule has 20 heavy (non-hydrogen) atoms. The Labute approximate surface area is 118 Å². The van der Waals surface area contributed by atoms with Crippen LogP contribution in [0.15, 0.2) is 24.3 Å². The van der Waals surface area contributed by atoms with Crippen LogP contribution in [0.2, 0.25) is 0 Å². The van der Waals surface area contributed by atoms with E-state index in [1.165, 1.54) is 11.1 Å². The second-order valence-corrected chi connectivity index (χ2v) is 5.35. The minimum atomic E-state index is -0.837. The predicted octanol–water partition coefficient (Wildman–Crippen LogP) is 0.928. The molecule has 5 heteroatoms. The van der Waals surface area contributed by atoms with E-state index in [2.05, 4.69) is 16.7 Å². The molecule has 0 radical (unpaired) electrons. The minimum Gasteiger partial charge on any atom is -0.481 e. The summed E-state index contributed by atoms with van der Waals surface area (Å²) in [5.41, 5.74) is 2.43. The molecule has 0 aliphatic carbocycles. The van der Waals surface area contributed by atoms with Crippen LogP contribution in [0.3, 0.4) is 0 Å². The first kappa shape index (κ1) is 14.5. The van der Waals surface area contributed by atoms with E-state index in [9.17, 15) is 9.59 Å². The summed E-state index contributed by atoms with van der Waals surface area (Å²) in [6, 6.07) is 7.85. The molecule has 2 rings (SSSR count). The summed E-state index contributed by atoms with van der Waals surface area (Å²) in [4.78, 5) is 22.6. The van der Waals surface area contributed by atoms with Crippen LogP contribution in [0.5, 0.6) is 0 Å². The van der Waals surface area contributed by atoms with Crippen molar-refractivity contribution in [2.45, 2.75) is 32.4 Å². The van der Waals surface area contributed by atoms with Gasteiger partial charge in [-0.15, -0.1) is 0 Å². The van der Waals surface area contributed by atoms with Gasteiger partial charge >= 0.3 is 5.97 Å². The number of benzene rings is 1. The Morgan fingerprint density at radius 2 is 2.10 bits per heavy atom. The maximum atomic E-state index is 12.1. The molecule has 2 unspecified atom stereocenters. The number of nitrogens with one attached hydrogen (secondary N) is 2. The number of carboxylic acid groups (broad SMARTS) is 1. The van der Waals surface area contributed by atoms with Gasteiger partial charge in [-0.05, 0) is 23.5 Å². The third-order valence-electron chi connectivity index (χ3n) is 3.55. The molecule has 5 nitrogen and oxygen atoms in total. The van der Waals surface area contributed by atoms with E-state index in [-0.39, 0.29) is 24.3 Å². The Morgan fingerprint density at radius 3 is 2.80 bits per heavy atom. The Hall–Kier alpha value is -1.88. The summed E-state index contributed by atoms with van der Waals surface area (Å²) in [7, 11) is 0. The number of hydrogen-bond acceptors (Lipinski definition) is 3. The zero-order valence-electron chi connectivity index (χ0n) is 11.6. The molecule has 0 saturated carbocycles. The summed E-state index contributed by atoms with van der Waals surface area (Å²) in [6.45, 7) is 2.90. The van der Waals surface area contributed by atoms with Gasteiger partial charge in [0, 0.05) is 19.5 Å². The third-order valence-corrected chi connectivity index (χ3v) is 3.55. The maximum Gasteiger partial charge on any atom is 0.303 e. The fraction of sp³-hybridized carbons (Fsp3) is 0.467. The SMILES string of the molecule is CC(CNC(=O)C1Cc2ccccc2CN1)CC(=O)O. The largest absolute Gasteiger partial charge is 0.481 e. The molecule has 1 aromatic rings. The van der Waals surface area contributed by atoms with Gasteiger partial charge < -0.3 is 15.7 Å². The highest BCUT2D eigenvalue weighted by atomic mass is 16.4. The van der Waals surface area contributed by atoms with Gasteiger partial charge in [-0.3, -0.25) is 9.59 Å². The summed E-state index contributed by atoms with van der Waals surface area (Å²) in [5, 5.41) is 14.7. The summed E-state index contributed by atoms with van der Waals surface area (Å²) < 4.78 is 0. The number of hydrogen-bond donors (Lipinski definition) is 3. The molecule has 1 amide bonds. The number of fused-ring (bicyclic) bond motifs is 1. The average molecular weight is 276 g/mol. The Kier molecular flexibility index (Phi) is 4.74. The van der Waals surface area contributed by atoms with E-state index in [1.54, 1.807) is 0 Å². The monoisotopic (exact) mass is 276 g/mol. The number of carbonyl (C=O) groups is 2. The van der Waals surface area contributed by atoms with E-state index < -0.39 is 5.97 Å². The van der Waals surface area contributed by atoms with Crippen LogP contribution in [0.4, 0.5) is 0 Å². The first-order valence-electron chi connectivity index (χ1n) is 6.86. The van der Waals surface area contributed by atoms with Crippen molar-refractivity contribution in [1.82, 2.24) is 10.6 Å². The second-order valence-electron chi connectivity index (χ2n) is 5.35. The molecule has 0 aromatic heterocycles. The van der Waals surface area contributed by atoms with Crippen LogP contribution < -0.4 is 10.6 Å². The van der Waals surface area contributed by atoms with E-state index in [0.717, 1.165) is 0 Å². The van der Waals surface area contributed by atoms with Crippen LogP contribution in [0, 0.1) is 5.92 Å². The highest BCUT2D eigenvalue weighted by Gasteiger charge is 2.23. The van der Waals surface area contributed by atoms with Crippen molar-refractivity contribution in [2.75, 3.05) is 6.54 Å². The molecule has 0 fully saturated rings. The van der Waals surface area contributed by atoms with E-state index in [1.807, 2.05) is 25.1 Å². The quantitative estimate of drug-likeness (QED) is 0.747. The standard InChI is InChI=1S/C15H20N2O3/c1-10(6-14(18)19)8-17-15(20)13-7-11-4-2-3-5-12(11)9-16-13/h2-5,10,13,16H,6-9H2,1H3,(H,17,20)(H,18,19). The molecular weight excluding hydrogens is 256 g/mol. The highest BCUT2D eigenvalue weighted by molar-refractivity contribution is 5.82. The number of carbonyl (C=O) groups excluding carboxylic acids is 1. The van der Waals surface area contributed by atoms with E-state index in [0.29, 0.717) is 19.5 Å². The summed E-state index contributed by atoms with van der Waals surface area (Å²) >= 11 is 0. The lowest BCUT2D eigenvalue weighted by molar-refractivity contribution is -0.138. The highest BCUT2D eigenvalue weighted by Crippen LogP contribution is 2.16. The molecule has 1 aliphatic heterocycles. The molecule has 1 aromatic carbocycles. The van der Waals surface area contributed by atoms with Gasteiger partial charge in [-0.2, -0.15) is 0 Å². The molecular formula is C15H20N2O3. The van der Waals surface area contributed by atoms with Gasteiger partial charge in [0.2, 0.25) is 5.91 Å². The van der Waals surface area contributed by atoms with Crippen molar-refractivity contribution in [3.8, 4) is 0 Å². The average Bonchev–Trinajstić information content (AvgIpc) is 2.43. The van der Waals surface area contributed by atoms with Crippen molar-refractivity contribution >= 4 is 11.9 Å². The second kappa shape index (κ2) is 6.52. The molecule has 108 valence electrons. The van der Waals surface area contributed by atoms with Gasteiger partial charge in [0.25, 0.3) is 0 Å². The lowest BCUT2D eigenvalue weighted by atomic mass is 9.95. The van der Waals surface area contributed by atoms with Crippen molar-refractivity contribution in [2.24, 2.45) is 5.92 Å². The lowest BCUT2D eigenvalue weighted by Gasteiger charge is -2.25. The maximum absolute atomic E-state index is 12.1. The van der Waals surface area contributed by atoms with Crippen molar-refractivity contribution in [1.29, 1.82) is 0 Å². The Bertz CT molecular complexity index is 502. The fourth-order valence-corrected chi connectivity index (χ4v) is 2.41. The fourth-order valence-electron chi connectivity index (χ4n) is 2.41. The zero-order chi connectivity index (χ0) is 14.5. The molecule has 2 atom stereocenters. The summed E-state index contributed by atoms with van der Waals surface area (Å²) in [6.07, 6.45) is 0.747. The van der Waals surface area contributed by atoms with Gasteiger partial charge in [-0.25, -0.2) is 0 Å². The van der Waals surface area contributed by atoms with Crippen LogP contribution >= 0.6 is 0 Å². The smallest absolute Gasteiger partial charge is 0.303 e. The molecule has 0 bridgehead atoms. The topological polar surface area (TPSA) is 78.4 Å². The molecule has 3 N–H and O–H groups in total. The van der Waals surface area contributed by atoms with Gasteiger partial charge in [0.05, 0.1) is 6.04 Å². The first-order chi connectivity index (χ1) is 9.56. The summed E-state index contributed by atoms with van der Waals surface area (Å²) in [5.74, 6) is -0.958.